The molecule has 340 valence electrons. The maximum atomic E-state index is 5.45. The van der Waals surface area contributed by atoms with Gasteiger partial charge in [-0.1, -0.05) is 152 Å². The molecule has 4 heterocycles. The fourth-order valence-electron chi connectivity index (χ4n) is 11.2. The first kappa shape index (κ1) is 40.9. The highest BCUT2D eigenvalue weighted by Gasteiger charge is 2.22. The van der Waals surface area contributed by atoms with Crippen molar-refractivity contribution < 1.29 is 0 Å². The molecule has 0 saturated carbocycles. The molecule has 0 unspecified atom stereocenters. The van der Waals surface area contributed by atoms with Crippen LogP contribution in [0, 0.1) is 0 Å². The molecule has 73 heavy (non-hydrogen) atoms. The molecule has 4 aromatic heterocycles. The molecule has 0 aliphatic rings. The standard InChI is InChI=1S/C66H41N7/c1-4-18-43(19-5-1)66-67-61-53-28-12-10-24-49(53)50-25-11-13-29-54(50)62(61)73(66)48-36-32-42(33-37-48)63-68-64(44-34-38-59-55(40-44)51-26-14-16-30-57(51)71(59)46-20-6-2-7-21-46)70-65(69-63)45-35-39-60-56(41-45)52-27-15-17-31-58(52)72(60)47-22-8-3-9-23-47/h1-41H. The van der Waals surface area contributed by atoms with Crippen molar-refractivity contribution in [1.29, 1.82) is 0 Å². The molecule has 0 radical (unpaired) electrons. The van der Waals surface area contributed by atoms with Gasteiger partial charge in [-0.3, -0.25) is 4.57 Å². The molecule has 0 aliphatic heterocycles. The number of imidazole rings is 1. The van der Waals surface area contributed by atoms with Gasteiger partial charge in [0, 0.05) is 71.6 Å². The fourth-order valence-corrected chi connectivity index (χ4v) is 11.2. The average molecular weight is 932 g/mol. The van der Waals surface area contributed by atoms with Gasteiger partial charge < -0.3 is 9.13 Å². The van der Waals surface area contributed by atoms with Gasteiger partial charge in [0.25, 0.3) is 0 Å². The maximum Gasteiger partial charge on any atom is 0.164 e. The van der Waals surface area contributed by atoms with E-state index in [1.165, 1.54) is 10.8 Å². The van der Waals surface area contributed by atoms with Crippen molar-refractivity contribution in [3.05, 3.63) is 249 Å². The molecule has 15 rings (SSSR count). The molecule has 0 spiro atoms. The van der Waals surface area contributed by atoms with Gasteiger partial charge in [0.2, 0.25) is 0 Å². The first-order chi connectivity index (χ1) is 36.2. The second kappa shape index (κ2) is 16.3. The number of nitrogens with zero attached hydrogens (tertiary/aromatic N) is 7. The lowest BCUT2D eigenvalue weighted by Gasteiger charge is -2.13. The van der Waals surface area contributed by atoms with E-state index < -0.39 is 0 Å². The van der Waals surface area contributed by atoms with Crippen molar-refractivity contribution in [2.45, 2.75) is 0 Å². The second-order valence-corrected chi connectivity index (χ2v) is 18.6. The van der Waals surface area contributed by atoms with Gasteiger partial charge in [-0.05, 0) is 108 Å². The van der Waals surface area contributed by atoms with E-state index in [0.29, 0.717) is 17.5 Å². The number of fused-ring (bicyclic) bond motifs is 12. The number of para-hydroxylation sites is 4. The normalized spacial score (nSPS) is 11.8. The first-order valence-electron chi connectivity index (χ1n) is 24.6. The van der Waals surface area contributed by atoms with Crippen molar-refractivity contribution in [2.24, 2.45) is 0 Å². The Morgan fingerprint density at radius 1 is 0.233 bits per heavy atom. The monoisotopic (exact) mass is 931 g/mol. The lowest BCUT2D eigenvalue weighted by atomic mass is 10.00. The minimum absolute atomic E-state index is 0.584. The fraction of sp³-hybridized carbons (Fsp3) is 0. The third kappa shape index (κ3) is 6.46. The van der Waals surface area contributed by atoms with Crippen LogP contribution in [0.3, 0.4) is 0 Å². The zero-order valence-electron chi connectivity index (χ0n) is 39.3. The number of benzene rings is 11. The van der Waals surface area contributed by atoms with Gasteiger partial charge in [0.05, 0.1) is 33.1 Å². The van der Waals surface area contributed by atoms with E-state index in [9.17, 15) is 0 Å². The average Bonchev–Trinajstić information content (AvgIpc) is 4.16. The highest BCUT2D eigenvalue weighted by molar-refractivity contribution is 6.24. The predicted octanol–water partition coefficient (Wildman–Crippen LogP) is 16.4. The Balaban J connectivity index is 0.933. The summed E-state index contributed by atoms with van der Waals surface area (Å²) in [5.74, 6) is 2.65. The third-order valence-corrected chi connectivity index (χ3v) is 14.5. The number of rotatable bonds is 7. The zero-order chi connectivity index (χ0) is 48.0. The summed E-state index contributed by atoms with van der Waals surface area (Å²) in [4.78, 5) is 21.5. The van der Waals surface area contributed by atoms with Crippen molar-refractivity contribution in [2.75, 3.05) is 0 Å². The summed E-state index contributed by atoms with van der Waals surface area (Å²) in [6.07, 6.45) is 0. The van der Waals surface area contributed by atoms with Crippen LogP contribution in [0.4, 0.5) is 0 Å². The molecule has 0 fully saturated rings. The first-order valence-corrected chi connectivity index (χ1v) is 24.6. The minimum Gasteiger partial charge on any atom is -0.309 e. The van der Waals surface area contributed by atoms with E-state index in [1.54, 1.807) is 0 Å². The topological polar surface area (TPSA) is 66.3 Å². The second-order valence-electron chi connectivity index (χ2n) is 18.6. The van der Waals surface area contributed by atoms with Gasteiger partial charge in [-0.25, -0.2) is 19.9 Å². The Morgan fingerprint density at radius 3 is 1.15 bits per heavy atom. The van der Waals surface area contributed by atoms with Crippen molar-refractivity contribution in [3.63, 3.8) is 0 Å². The molecule has 0 N–H and O–H groups in total. The maximum absolute atomic E-state index is 5.45. The minimum atomic E-state index is 0.584. The largest absolute Gasteiger partial charge is 0.309 e. The molecule has 0 atom stereocenters. The molecule has 7 nitrogen and oxygen atoms in total. The molecule has 11 aromatic carbocycles. The van der Waals surface area contributed by atoms with Crippen LogP contribution >= 0.6 is 0 Å². The highest BCUT2D eigenvalue weighted by atomic mass is 15.1. The van der Waals surface area contributed by atoms with Crippen molar-refractivity contribution in [3.8, 4) is 62.6 Å². The van der Waals surface area contributed by atoms with E-state index in [0.717, 1.165) is 111 Å². The van der Waals surface area contributed by atoms with Gasteiger partial charge in [-0.2, -0.15) is 0 Å². The summed E-state index contributed by atoms with van der Waals surface area (Å²) in [5.41, 5.74) is 13.5. The van der Waals surface area contributed by atoms with E-state index >= 15 is 0 Å². The molecule has 15 aromatic rings. The smallest absolute Gasteiger partial charge is 0.164 e. The van der Waals surface area contributed by atoms with Crippen LogP contribution in [0.5, 0.6) is 0 Å². The Bertz CT molecular complexity index is 4470. The summed E-state index contributed by atoms with van der Waals surface area (Å²) in [6.45, 7) is 0. The molecule has 0 saturated heterocycles. The predicted molar refractivity (Wildman–Crippen MR) is 300 cm³/mol. The SMILES string of the molecule is c1ccc(-c2nc3c4ccccc4c4ccccc4c3n2-c2ccc(-c3nc(-c4ccc5c(c4)c4ccccc4n5-c4ccccc4)nc(-c4ccc5c(c4)c4ccccc4n5-c4ccccc4)n3)cc2)cc1. The molecular weight excluding hydrogens is 891 g/mol. The lowest BCUT2D eigenvalue weighted by molar-refractivity contribution is 1.07. The van der Waals surface area contributed by atoms with Crippen LogP contribution in [0.15, 0.2) is 249 Å². The van der Waals surface area contributed by atoms with Gasteiger partial charge >= 0.3 is 0 Å². The van der Waals surface area contributed by atoms with Crippen LogP contribution in [-0.2, 0) is 0 Å². The van der Waals surface area contributed by atoms with Crippen LogP contribution in [0.25, 0.3) is 139 Å². The van der Waals surface area contributed by atoms with Gasteiger partial charge in [0.1, 0.15) is 5.82 Å². The van der Waals surface area contributed by atoms with E-state index in [-0.39, 0.29) is 0 Å². The summed E-state index contributed by atoms with van der Waals surface area (Å²) in [7, 11) is 0. The third-order valence-electron chi connectivity index (χ3n) is 14.5. The zero-order valence-corrected chi connectivity index (χ0v) is 39.3. The molecule has 7 heteroatoms. The Kier molecular flexibility index (Phi) is 9.13. The molecule has 0 amide bonds. The molecule has 0 aliphatic carbocycles. The summed E-state index contributed by atoms with van der Waals surface area (Å²) < 4.78 is 6.98. The van der Waals surface area contributed by atoms with Gasteiger partial charge in [0.15, 0.2) is 17.5 Å². The summed E-state index contributed by atoms with van der Waals surface area (Å²) in [5, 5.41) is 9.23. The Morgan fingerprint density at radius 2 is 0.616 bits per heavy atom. The van der Waals surface area contributed by atoms with E-state index in [4.69, 9.17) is 19.9 Å². The van der Waals surface area contributed by atoms with E-state index in [1.807, 2.05) is 0 Å². The Labute approximate surface area is 419 Å². The van der Waals surface area contributed by atoms with Crippen molar-refractivity contribution in [1.82, 2.24) is 33.6 Å². The van der Waals surface area contributed by atoms with Crippen LogP contribution in [-0.4, -0.2) is 33.6 Å². The highest BCUT2D eigenvalue weighted by Crippen LogP contribution is 2.41. The van der Waals surface area contributed by atoms with Gasteiger partial charge in [-0.15, -0.1) is 0 Å². The Hall–Kier alpha value is -9.98. The van der Waals surface area contributed by atoms with E-state index in [2.05, 4.69) is 262 Å². The van der Waals surface area contributed by atoms with Crippen molar-refractivity contribution >= 4 is 76.2 Å². The lowest BCUT2D eigenvalue weighted by Crippen LogP contribution is -2.01. The number of hydrogen-bond donors (Lipinski definition) is 0. The summed E-state index contributed by atoms with van der Waals surface area (Å²) in [6, 6.07) is 87.8. The van der Waals surface area contributed by atoms with Crippen LogP contribution in [0.2, 0.25) is 0 Å². The molecule has 0 bridgehead atoms. The quantitative estimate of drug-likeness (QED) is 0.149. The summed E-state index contributed by atoms with van der Waals surface area (Å²) >= 11 is 0. The van der Waals surface area contributed by atoms with Crippen LogP contribution < -0.4 is 0 Å². The number of aromatic nitrogens is 7. The number of hydrogen-bond acceptors (Lipinski definition) is 4. The molecular formula is C66H41N7. The van der Waals surface area contributed by atoms with Crippen LogP contribution in [0.1, 0.15) is 0 Å².